The van der Waals surface area contributed by atoms with Crippen molar-refractivity contribution in [2.24, 2.45) is 10.9 Å². The molecule has 5 heteroatoms. The SMILES string of the molecule is NN=C1CC(=O)NN1. The lowest BCUT2D eigenvalue weighted by Crippen LogP contribution is -2.28. The number of amides is 1. The molecule has 1 saturated heterocycles. The third-order valence-electron chi connectivity index (χ3n) is 0.830. The Kier molecular flexibility index (Phi) is 1.03. The molecule has 0 aromatic carbocycles. The van der Waals surface area contributed by atoms with Gasteiger partial charge in [0.1, 0.15) is 5.84 Å². The van der Waals surface area contributed by atoms with Crippen molar-refractivity contribution in [1.29, 1.82) is 0 Å². The van der Waals surface area contributed by atoms with Gasteiger partial charge in [0.25, 0.3) is 0 Å². The van der Waals surface area contributed by atoms with Crippen LogP contribution in [0.5, 0.6) is 0 Å². The van der Waals surface area contributed by atoms with Crippen molar-refractivity contribution < 1.29 is 4.79 Å². The Labute approximate surface area is 45.9 Å². The molecule has 0 aromatic heterocycles. The van der Waals surface area contributed by atoms with Crippen LogP contribution in [0.15, 0.2) is 5.10 Å². The molecule has 44 valence electrons. The van der Waals surface area contributed by atoms with Gasteiger partial charge in [0, 0.05) is 0 Å². The van der Waals surface area contributed by atoms with E-state index in [1.165, 1.54) is 0 Å². The van der Waals surface area contributed by atoms with Crippen LogP contribution in [0, 0.1) is 0 Å². The summed E-state index contributed by atoms with van der Waals surface area (Å²) in [7, 11) is 0. The Morgan fingerprint density at radius 2 is 2.38 bits per heavy atom. The Morgan fingerprint density at radius 1 is 1.62 bits per heavy atom. The number of nitrogens with zero attached hydrogens (tertiary/aromatic N) is 1. The predicted molar refractivity (Wildman–Crippen MR) is 27.5 cm³/mol. The fraction of sp³-hybridized carbons (Fsp3) is 0.333. The average Bonchev–Trinajstić information content (AvgIpc) is 2.14. The van der Waals surface area contributed by atoms with E-state index in [0.717, 1.165) is 0 Å². The maximum absolute atomic E-state index is 10.3. The van der Waals surface area contributed by atoms with E-state index in [0.29, 0.717) is 5.84 Å². The van der Waals surface area contributed by atoms with Crippen molar-refractivity contribution in [1.82, 2.24) is 10.9 Å². The molecule has 1 aliphatic heterocycles. The zero-order chi connectivity index (χ0) is 5.98. The number of carbonyl (C=O) groups excluding carboxylic acids is 1. The topological polar surface area (TPSA) is 79.5 Å². The van der Waals surface area contributed by atoms with Gasteiger partial charge < -0.3 is 5.84 Å². The summed E-state index contributed by atoms with van der Waals surface area (Å²) in [6, 6.07) is 0. The van der Waals surface area contributed by atoms with Gasteiger partial charge in [0.2, 0.25) is 5.91 Å². The molecule has 1 rings (SSSR count). The summed E-state index contributed by atoms with van der Waals surface area (Å²) >= 11 is 0. The smallest absolute Gasteiger partial charge is 0.246 e. The van der Waals surface area contributed by atoms with Gasteiger partial charge in [-0.25, -0.2) is 0 Å². The van der Waals surface area contributed by atoms with Gasteiger partial charge in [-0.05, 0) is 0 Å². The van der Waals surface area contributed by atoms with Crippen LogP contribution in [-0.4, -0.2) is 11.7 Å². The monoisotopic (exact) mass is 114 g/mol. The second kappa shape index (κ2) is 1.69. The molecule has 5 nitrogen and oxygen atoms in total. The number of hydrogen-bond acceptors (Lipinski definition) is 3. The normalized spacial score (nSPS) is 23.0. The van der Waals surface area contributed by atoms with Crippen molar-refractivity contribution in [3.63, 3.8) is 0 Å². The van der Waals surface area contributed by atoms with Crippen LogP contribution in [0.25, 0.3) is 0 Å². The highest BCUT2D eigenvalue weighted by Gasteiger charge is 2.13. The first-order chi connectivity index (χ1) is 3.83. The van der Waals surface area contributed by atoms with E-state index in [2.05, 4.69) is 16.0 Å². The van der Waals surface area contributed by atoms with Gasteiger partial charge in [0.15, 0.2) is 0 Å². The van der Waals surface area contributed by atoms with Crippen molar-refractivity contribution in [2.45, 2.75) is 6.42 Å². The summed E-state index contributed by atoms with van der Waals surface area (Å²) in [4.78, 5) is 10.3. The number of hydrazine groups is 1. The molecule has 1 heterocycles. The van der Waals surface area contributed by atoms with Crippen LogP contribution >= 0.6 is 0 Å². The van der Waals surface area contributed by atoms with E-state index >= 15 is 0 Å². The fourth-order valence-electron chi connectivity index (χ4n) is 0.460. The largest absolute Gasteiger partial charge is 0.322 e. The summed E-state index contributed by atoms with van der Waals surface area (Å²) in [5, 5.41) is 3.26. The molecule has 1 fully saturated rings. The molecule has 1 aliphatic rings. The zero-order valence-corrected chi connectivity index (χ0v) is 4.14. The molecule has 0 bridgehead atoms. The number of hydrogen-bond donors (Lipinski definition) is 3. The van der Waals surface area contributed by atoms with E-state index in [-0.39, 0.29) is 12.3 Å². The van der Waals surface area contributed by atoms with Crippen LogP contribution in [-0.2, 0) is 4.79 Å². The van der Waals surface area contributed by atoms with Crippen molar-refractivity contribution in [3.05, 3.63) is 0 Å². The third kappa shape index (κ3) is 0.699. The molecule has 1 amide bonds. The number of carbonyl (C=O) groups is 1. The van der Waals surface area contributed by atoms with Crippen LogP contribution in [0.4, 0.5) is 0 Å². The van der Waals surface area contributed by atoms with E-state index < -0.39 is 0 Å². The second-order valence-electron chi connectivity index (χ2n) is 1.43. The highest BCUT2D eigenvalue weighted by Crippen LogP contribution is 1.85. The molecule has 0 unspecified atom stereocenters. The lowest BCUT2D eigenvalue weighted by Gasteiger charge is -1.88. The summed E-state index contributed by atoms with van der Waals surface area (Å²) in [6.45, 7) is 0. The van der Waals surface area contributed by atoms with Gasteiger partial charge in [-0.3, -0.25) is 15.6 Å². The Balaban J connectivity index is 2.56. The minimum atomic E-state index is -0.103. The van der Waals surface area contributed by atoms with Gasteiger partial charge in [-0.1, -0.05) is 0 Å². The number of nitrogens with two attached hydrogens (primary N) is 1. The minimum absolute atomic E-state index is 0.103. The van der Waals surface area contributed by atoms with Gasteiger partial charge in [-0.15, -0.1) is 0 Å². The maximum atomic E-state index is 10.3. The molecule has 8 heavy (non-hydrogen) atoms. The number of rotatable bonds is 0. The minimum Gasteiger partial charge on any atom is -0.322 e. The van der Waals surface area contributed by atoms with Crippen molar-refractivity contribution >= 4 is 11.7 Å². The maximum Gasteiger partial charge on any atom is 0.246 e. The summed E-state index contributed by atoms with van der Waals surface area (Å²) < 4.78 is 0. The van der Waals surface area contributed by atoms with Crippen LogP contribution in [0.1, 0.15) is 6.42 Å². The summed E-state index contributed by atoms with van der Waals surface area (Å²) in [6.07, 6.45) is 0.260. The summed E-state index contributed by atoms with van der Waals surface area (Å²) in [5.41, 5.74) is 4.80. The lowest BCUT2D eigenvalue weighted by atomic mass is 10.4. The molecular formula is C3H6N4O. The molecule has 0 spiro atoms. The van der Waals surface area contributed by atoms with Gasteiger partial charge in [-0.2, -0.15) is 5.10 Å². The first-order valence-corrected chi connectivity index (χ1v) is 2.14. The van der Waals surface area contributed by atoms with Gasteiger partial charge in [0.05, 0.1) is 6.42 Å². The molecule has 0 radical (unpaired) electrons. The molecule has 0 saturated carbocycles. The standard InChI is InChI=1S/C3H6N4O/c4-5-2-1-3(8)7-6-2/h1,4H2,(H,5,6)(H,7,8). The van der Waals surface area contributed by atoms with E-state index in [9.17, 15) is 4.79 Å². The van der Waals surface area contributed by atoms with Crippen LogP contribution in [0.2, 0.25) is 0 Å². The van der Waals surface area contributed by atoms with E-state index in [4.69, 9.17) is 5.84 Å². The Hall–Kier alpha value is -1.26. The third-order valence-corrected chi connectivity index (χ3v) is 0.830. The molecule has 4 N–H and O–H groups in total. The Bertz CT molecular complexity index is 140. The summed E-state index contributed by atoms with van der Waals surface area (Å²) in [5.74, 6) is 5.21. The second-order valence-corrected chi connectivity index (χ2v) is 1.43. The first-order valence-electron chi connectivity index (χ1n) is 2.14. The Morgan fingerprint density at radius 3 is 2.62 bits per heavy atom. The molecule has 0 aromatic rings. The van der Waals surface area contributed by atoms with Crippen LogP contribution in [0.3, 0.4) is 0 Å². The zero-order valence-electron chi connectivity index (χ0n) is 4.14. The highest BCUT2D eigenvalue weighted by atomic mass is 16.2. The molecule has 0 atom stereocenters. The van der Waals surface area contributed by atoms with Crippen molar-refractivity contribution in [2.75, 3.05) is 0 Å². The highest BCUT2D eigenvalue weighted by molar-refractivity contribution is 6.04. The fourth-order valence-corrected chi connectivity index (χ4v) is 0.460. The average molecular weight is 114 g/mol. The van der Waals surface area contributed by atoms with Crippen LogP contribution < -0.4 is 16.7 Å². The number of hydrazone groups is 1. The van der Waals surface area contributed by atoms with E-state index in [1.54, 1.807) is 0 Å². The molecule has 0 aliphatic carbocycles. The molecular weight excluding hydrogens is 108 g/mol. The number of nitrogens with one attached hydrogen (secondary N) is 2. The lowest BCUT2D eigenvalue weighted by molar-refractivity contribution is -0.119. The number of amidine groups is 1. The van der Waals surface area contributed by atoms with Crippen molar-refractivity contribution in [3.8, 4) is 0 Å². The van der Waals surface area contributed by atoms with E-state index in [1.807, 2.05) is 0 Å². The van der Waals surface area contributed by atoms with Gasteiger partial charge >= 0.3 is 0 Å². The predicted octanol–water partition coefficient (Wildman–Crippen LogP) is -1.72. The first kappa shape index (κ1) is 4.89. The quantitative estimate of drug-likeness (QED) is 0.259.